The minimum atomic E-state index is -0.195. The summed E-state index contributed by atoms with van der Waals surface area (Å²) >= 11 is 0. The zero-order valence-corrected chi connectivity index (χ0v) is 10.2. The molecule has 1 aromatic carbocycles. The van der Waals surface area contributed by atoms with E-state index < -0.39 is 0 Å². The summed E-state index contributed by atoms with van der Waals surface area (Å²) in [6, 6.07) is 6.65. The van der Waals surface area contributed by atoms with Crippen molar-refractivity contribution in [1.82, 2.24) is 0 Å². The first-order valence-corrected chi connectivity index (χ1v) is 6.20. The summed E-state index contributed by atoms with van der Waals surface area (Å²) in [6.45, 7) is 4.34. The van der Waals surface area contributed by atoms with E-state index >= 15 is 0 Å². The summed E-state index contributed by atoms with van der Waals surface area (Å²) in [4.78, 5) is 0. The summed E-state index contributed by atoms with van der Waals surface area (Å²) < 4.78 is 13.1. The normalized spacial score (nSPS) is 13.1. The third-order valence-electron chi connectivity index (χ3n) is 3.06. The molecule has 1 unspecified atom stereocenters. The van der Waals surface area contributed by atoms with Crippen molar-refractivity contribution in [3.8, 4) is 0 Å². The van der Waals surface area contributed by atoms with Gasteiger partial charge in [0.05, 0.1) is 0 Å². The average Bonchev–Trinajstić information content (AvgIpc) is 2.28. The lowest BCUT2D eigenvalue weighted by molar-refractivity contribution is 0.368. The van der Waals surface area contributed by atoms with E-state index in [0.717, 1.165) is 31.2 Å². The molecule has 1 rings (SSSR count). The van der Waals surface area contributed by atoms with Crippen molar-refractivity contribution in [3.63, 3.8) is 0 Å². The third kappa shape index (κ3) is 3.60. The van der Waals surface area contributed by atoms with Gasteiger partial charge in [-0.1, -0.05) is 38.8 Å². The van der Waals surface area contributed by atoms with Crippen molar-refractivity contribution in [2.45, 2.75) is 45.6 Å². The number of benzene rings is 1. The van der Waals surface area contributed by atoms with Crippen LogP contribution in [-0.2, 0) is 0 Å². The molecule has 0 saturated carbocycles. The maximum absolute atomic E-state index is 13.1. The quantitative estimate of drug-likeness (QED) is 0.773. The second-order valence-electron chi connectivity index (χ2n) is 4.42. The fourth-order valence-electron chi connectivity index (χ4n) is 2.23. The fourth-order valence-corrected chi connectivity index (χ4v) is 2.23. The molecule has 16 heavy (non-hydrogen) atoms. The molecule has 0 saturated heterocycles. The van der Waals surface area contributed by atoms with Crippen LogP contribution in [0.15, 0.2) is 24.3 Å². The molecular weight excluding hydrogens is 201 g/mol. The van der Waals surface area contributed by atoms with Gasteiger partial charge >= 0.3 is 0 Å². The highest BCUT2D eigenvalue weighted by Crippen LogP contribution is 2.27. The SMILES string of the molecule is CCCC(CCC)C(N)c1cccc(F)c1. The van der Waals surface area contributed by atoms with Crippen LogP contribution in [0.3, 0.4) is 0 Å². The molecule has 0 fully saturated rings. The molecule has 0 heterocycles. The average molecular weight is 223 g/mol. The number of hydrogen-bond donors (Lipinski definition) is 1. The van der Waals surface area contributed by atoms with E-state index in [4.69, 9.17) is 5.73 Å². The van der Waals surface area contributed by atoms with Crippen LogP contribution >= 0.6 is 0 Å². The summed E-state index contributed by atoms with van der Waals surface area (Å²) in [5.74, 6) is 0.275. The molecule has 0 spiro atoms. The van der Waals surface area contributed by atoms with Crippen LogP contribution < -0.4 is 5.73 Å². The van der Waals surface area contributed by atoms with Crippen LogP contribution in [0.25, 0.3) is 0 Å². The van der Waals surface area contributed by atoms with E-state index in [1.807, 2.05) is 6.07 Å². The van der Waals surface area contributed by atoms with Crippen molar-refractivity contribution in [2.24, 2.45) is 11.7 Å². The van der Waals surface area contributed by atoms with E-state index in [2.05, 4.69) is 13.8 Å². The Balaban J connectivity index is 2.76. The van der Waals surface area contributed by atoms with E-state index in [1.165, 1.54) is 6.07 Å². The van der Waals surface area contributed by atoms with Gasteiger partial charge in [0.15, 0.2) is 0 Å². The van der Waals surface area contributed by atoms with Gasteiger partial charge in [-0.3, -0.25) is 0 Å². The van der Waals surface area contributed by atoms with Gasteiger partial charge in [0, 0.05) is 6.04 Å². The zero-order valence-electron chi connectivity index (χ0n) is 10.2. The highest BCUT2D eigenvalue weighted by atomic mass is 19.1. The molecule has 1 nitrogen and oxygen atoms in total. The topological polar surface area (TPSA) is 26.0 Å². The van der Waals surface area contributed by atoms with Gasteiger partial charge in [-0.15, -0.1) is 0 Å². The third-order valence-corrected chi connectivity index (χ3v) is 3.06. The first-order valence-electron chi connectivity index (χ1n) is 6.20. The maximum atomic E-state index is 13.1. The smallest absolute Gasteiger partial charge is 0.123 e. The van der Waals surface area contributed by atoms with Crippen molar-refractivity contribution >= 4 is 0 Å². The van der Waals surface area contributed by atoms with Crippen molar-refractivity contribution in [3.05, 3.63) is 35.6 Å². The van der Waals surface area contributed by atoms with Gasteiger partial charge in [0.1, 0.15) is 5.82 Å². The van der Waals surface area contributed by atoms with E-state index in [-0.39, 0.29) is 11.9 Å². The van der Waals surface area contributed by atoms with E-state index in [9.17, 15) is 4.39 Å². The molecule has 1 aromatic rings. The second kappa shape index (κ2) is 6.64. The standard InChI is InChI=1S/C14H22FN/c1-3-6-11(7-4-2)14(16)12-8-5-9-13(15)10-12/h5,8-11,14H,3-4,6-7,16H2,1-2H3. The number of hydrogen-bond acceptors (Lipinski definition) is 1. The highest BCUT2D eigenvalue weighted by molar-refractivity contribution is 5.20. The van der Waals surface area contributed by atoms with Crippen molar-refractivity contribution in [2.75, 3.05) is 0 Å². The number of nitrogens with two attached hydrogens (primary N) is 1. The van der Waals surface area contributed by atoms with Gasteiger partial charge in [-0.05, 0) is 36.5 Å². The lowest BCUT2D eigenvalue weighted by Gasteiger charge is -2.23. The van der Waals surface area contributed by atoms with Crippen molar-refractivity contribution in [1.29, 1.82) is 0 Å². The molecule has 0 aromatic heterocycles. The van der Waals surface area contributed by atoms with Gasteiger partial charge in [0.2, 0.25) is 0 Å². The molecule has 0 aliphatic heterocycles. The van der Waals surface area contributed by atoms with Crippen LogP contribution in [-0.4, -0.2) is 0 Å². The highest BCUT2D eigenvalue weighted by Gasteiger charge is 2.18. The first kappa shape index (κ1) is 13.2. The summed E-state index contributed by atoms with van der Waals surface area (Å²) in [6.07, 6.45) is 4.50. The molecule has 0 aliphatic carbocycles. The fraction of sp³-hybridized carbons (Fsp3) is 0.571. The molecule has 0 bridgehead atoms. The van der Waals surface area contributed by atoms with E-state index in [0.29, 0.717) is 5.92 Å². The Labute approximate surface area is 97.9 Å². The van der Waals surface area contributed by atoms with Crippen molar-refractivity contribution < 1.29 is 4.39 Å². The molecule has 1 atom stereocenters. The van der Waals surface area contributed by atoms with Gasteiger partial charge < -0.3 is 5.73 Å². The molecule has 0 aliphatic rings. The van der Waals surface area contributed by atoms with E-state index in [1.54, 1.807) is 12.1 Å². The lowest BCUT2D eigenvalue weighted by Crippen LogP contribution is -2.21. The number of rotatable bonds is 6. The molecular formula is C14H22FN. The summed E-state index contributed by atoms with van der Waals surface area (Å²) in [7, 11) is 0. The molecule has 0 amide bonds. The zero-order chi connectivity index (χ0) is 12.0. The lowest BCUT2D eigenvalue weighted by atomic mass is 9.87. The largest absolute Gasteiger partial charge is 0.324 e. The molecule has 2 heteroatoms. The van der Waals surface area contributed by atoms with Crippen LogP contribution in [0.5, 0.6) is 0 Å². The molecule has 90 valence electrons. The predicted molar refractivity (Wildman–Crippen MR) is 66.6 cm³/mol. The first-order chi connectivity index (χ1) is 7.69. The summed E-state index contributed by atoms with van der Waals surface area (Å²) in [5.41, 5.74) is 7.14. The van der Waals surface area contributed by atoms with Crippen LogP contribution in [0, 0.1) is 11.7 Å². The Morgan fingerprint density at radius 3 is 2.31 bits per heavy atom. The Kier molecular flexibility index (Phi) is 5.47. The second-order valence-corrected chi connectivity index (χ2v) is 4.42. The minimum Gasteiger partial charge on any atom is -0.324 e. The van der Waals surface area contributed by atoms with Crippen LogP contribution in [0.1, 0.15) is 51.1 Å². The van der Waals surface area contributed by atoms with Gasteiger partial charge in [-0.2, -0.15) is 0 Å². The monoisotopic (exact) mass is 223 g/mol. The minimum absolute atomic E-state index is 0.0319. The van der Waals surface area contributed by atoms with Gasteiger partial charge in [0.25, 0.3) is 0 Å². The Hall–Kier alpha value is -0.890. The number of halogens is 1. The Morgan fingerprint density at radius 1 is 1.19 bits per heavy atom. The van der Waals surface area contributed by atoms with Gasteiger partial charge in [-0.25, -0.2) is 4.39 Å². The predicted octanol–water partition coefficient (Wildman–Crippen LogP) is 4.04. The molecule has 0 radical (unpaired) electrons. The maximum Gasteiger partial charge on any atom is 0.123 e. The molecule has 2 N–H and O–H groups in total. The summed E-state index contributed by atoms with van der Waals surface area (Å²) in [5, 5.41) is 0. The Bertz CT molecular complexity index is 305. The Morgan fingerprint density at radius 2 is 1.81 bits per heavy atom. The van der Waals surface area contributed by atoms with Crippen LogP contribution in [0.2, 0.25) is 0 Å². The van der Waals surface area contributed by atoms with Crippen LogP contribution in [0.4, 0.5) is 4.39 Å².